The van der Waals surface area contributed by atoms with Crippen LogP contribution in [0.15, 0.2) is 24.3 Å². The minimum Gasteiger partial charge on any atom is -0.371 e. The summed E-state index contributed by atoms with van der Waals surface area (Å²) in [4.78, 5) is 2.50. The molecular weight excluding hydrogens is 208 g/mol. The molecule has 2 rings (SSSR count). The van der Waals surface area contributed by atoms with Crippen LogP contribution in [0.25, 0.3) is 0 Å². The van der Waals surface area contributed by atoms with Crippen LogP contribution in [-0.4, -0.2) is 19.1 Å². The van der Waals surface area contributed by atoms with E-state index in [0.717, 1.165) is 19.0 Å². The molecule has 0 spiro atoms. The number of nitrogens with two attached hydrogens (primary N) is 1. The molecule has 0 aliphatic heterocycles. The summed E-state index contributed by atoms with van der Waals surface area (Å²) in [7, 11) is 0. The van der Waals surface area contributed by atoms with Crippen LogP contribution in [0.3, 0.4) is 0 Å². The summed E-state index contributed by atoms with van der Waals surface area (Å²) in [6, 6.07) is 9.10. The van der Waals surface area contributed by atoms with Crippen LogP contribution >= 0.6 is 0 Å². The van der Waals surface area contributed by atoms with Crippen LogP contribution in [0, 0.1) is 12.8 Å². The molecule has 1 saturated carbocycles. The van der Waals surface area contributed by atoms with Crippen molar-refractivity contribution in [3.63, 3.8) is 0 Å². The van der Waals surface area contributed by atoms with Crippen LogP contribution in [0.2, 0.25) is 0 Å². The highest BCUT2D eigenvalue weighted by Gasteiger charge is 2.23. The molecule has 0 aromatic heterocycles. The number of benzene rings is 1. The standard InChI is InChI=1S/C15H24N2/c1-3-17(11-13-8-9-14(16)10-13)15-7-5-4-6-12(15)2/h4-7,13-14H,3,8-11,16H2,1-2H3. The Balaban J connectivity index is 2.04. The van der Waals surface area contributed by atoms with Crippen molar-refractivity contribution >= 4 is 5.69 Å². The van der Waals surface area contributed by atoms with E-state index in [1.165, 1.54) is 30.5 Å². The SMILES string of the molecule is CCN(CC1CCC(N)C1)c1ccccc1C. The van der Waals surface area contributed by atoms with E-state index in [-0.39, 0.29) is 0 Å². The number of aryl methyl sites for hydroxylation is 1. The van der Waals surface area contributed by atoms with Crippen molar-refractivity contribution < 1.29 is 0 Å². The van der Waals surface area contributed by atoms with E-state index in [1.54, 1.807) is 0 Å². The fourth-order valence-corrected chi connectivity index (χ4v) is 2.91. The summed E-state index contributed by atoms with van der Waals surface area (Å²) in [6.45, 7) is 6.67. The summed E-state index contributed by atoms with van der Waals surface area (Å²) in [5, 5.41) is 0. The highest BCUT2D eigenvalue weighted by atomic mass is 15.1. The first kappa shape index (κ1) is 12.4. The van der Waals surface area contributed by atoms with E-state index < -0.39 is 0 Å². The van der Waals surface area contributed by atoms with Gasteiger partial charge in [0.1, 0.15) is 0 Å². The number of para-hydroxylation sites is 1. The minimum absolute atomic E-state index is 0.440. The van der Waals surface area contributed by atoms with Gasteiger partial charge in [-0.2, -0.15) is 0 Å². The molecule has 1 aliphatic carbocycles. The van der Waals surface area contributed by atoms with Gasteiger partial charge >= 0.3 is 0 Å². The van der Waals surface area contributed by atoms with Gasteiger partial charge in [-0.1, -0.05) is 18.2 Å². The van der Waals surface area contributed by atoms with Gasteiger partial charge in [-0.05, 0) is 50.7 Å². The molecule has 17 heavy (non-hydrogen) atoms. The summed E-state index contributed by atoms with van der Waals surface area (Å²) in [5.74, 6) is 0.782. The zero-order valence-electron chi connectivity index (χ0n) is 11.0. The third-order valence-electron chi connectivity index (χ3n) is 3.90. The summed E-state index contributed by atoms with van der Waals surface area (Å²) in [5.41, 5.74) is 8.75. The van der Waals surface area contributed by atoms with Gasteiger partial charge in [0, 0.05) is 24.8 Å². The van der Waals surface area contributed by atoms with E-state index in [1.807, 2.05) is 0 Å². The van der Waals surface area contributed by atoms with Gasteiger partial charge in [0.05, 0.1) is 0 Å². The predicted molar refractivity (Wildman–Crippen MR) is 74.4 cm³/mol. The molecule has 1 aromatic rings. The minimum atomic E-state index is 0.440. The van der Waals surface area contributed by atoms with Crippen molar-refractivity contribution in [3.8, 4) is 0 Å². The van der Waals surface area contributed by atoms with Crippen molar-refractivity contribution in [2.24, 2.45) is 11.7 Å². The summed E-state index contributed by atoms with van der Waals surface area (Å²) >= 11 is 0. The average molecular weight is 232 g/mol. The maximum absolute atomic E-state index is 5.99. The highest BCUT2D eigenvalue weighted by molar-refractivity contribution is 5.52. The van der Waals surface area contributed by atoms with Crippen molar-refractivity contribution in [1.82, 2.24) is 0 Å². The molecule has 1 aromatic carbocycles. The van der Waals surface area contributed by atoms with Gasteiger partial charge in [0.25, 0.3) is 0 Å². The number of rotatable bonds is 4. The van der Waals surface area contributed by atoms with Crippen molar-refractivity contribution in [2.45, 2.75) is 39.2 Å². The molecule has 0 bridgehead atoms. The fraction of sp³-hybridized carbons (Fsp3) is 0.600. The van der Waals surface area contributed by atoms with E-state index in [4.69, 9.17) is 5.73 Å². The zero-order chi connectivity index (χ0) is 12.3. The lowest BCUT2D eigenvalue weighted by Crippen LogP contribution is -2.29. The second kappa shape index (κ2) is 5.54. The van der Waals surface area contributed by atoms with Gasteiger partial charge in [-0.15, -0.1) is 0 Å². The van der Waals surface area contributed by atoms with E-state index >= 15 is 0 Å². The van der Waals surface area contributed by atoms with Crippen LogP contribution in [0.5, 0.6) is 0 Å². The number of nitrogens with zero attached hydrogens (tertiary/aromatic N) is 1. The fourth-order valence-electron chi connectivity index (χ4n) is 2.91. The van der Waals surface area contributed by atoms with Crippen LogP contribution in [0.1, 0.15) is 31.7 Å². The number of anilines is 1. The lowest BCUT2D eigenvalue weighted by atomic mass is 10.1. The second-order valence-corrected chi connectivity index (χ2v) is 5.26. The normalized spacial score (nSPS) is 23.9. The molecule has 0 saturated heterocycles. The van der Waals surface area contributed by atoms with Crippen molar-refractivity contribution in [3.05, 3.63) is 29.8 Å². The van der Waals surface area contributed by atoms with Gasteiger partial charge in [0.15, 0.2) is 0 Å². The van der Waals surface area contributed by atoms with Crippen LogP contribution in [-0.2, 0) is 0 Å². The Morgan fingerprint density at radius 3 is 2.65 bits per heavy atom. The number of hydrogen-bond donors (Lipinski definition) is 1. The molecule has 2 unspecified atom stereocenters. The Bertz CT molecular complexity index is 362. The lowest BCUT2D eigenvalue weighted by molar-refractivity contribution is 0.526. The number of hydrogen-bond acceptors (Lipinski definition) is 2. The molecule has 0 amide bonds. The summed E-state index contributed by atoms with van der Waals surface area (Å²) in [6.07, 6.45) is 3.70. The Hall–Kier alpha value is -1.02. The molecule has 0 heterocycles. The third-order valence-corrected chi connectivity index (χ3v) is 3.90. The monoisotopic (exact) mass is 232 g/mol. The average Bonchev–Trinajstić information content (AvgIpc) is 2.73. The van der Waals surface area contributed by atoms with Crippen molar-refractivity contribution in [2.75, 3.05) is 18.0 Å². The largest absolute Gasteiger partial charge is 0.371 e. The first-order valence-corrected chi connectivity index (χ1v) is 6.77. The molecule has 94 valence electrons. The molecule has 2 atom stereocenters. The molecule has 2 nitrogen and oxygen atoms in total. The lowest BCUT2D eigenvalue weighted by Gasteiger charge is -2.28. The van der Waals surface area contributed by atoms with E-state index in [0.29, 0.717) is 6.04 Å². The molecule has 0 radical (unpaired) electrons. The highest BCUT2D eigenvalue weighted by Crippen LogP contribution is 2.28. The zero-order valence-corrected chi connectivity index (χ0v) is 11.0. The first-order chi connectivity index (χ1) is 8.20. The van der Waals surface area contributed by atoms with Crippen molar-refractivity contribution in [1.29, 1.82) is 0 Å². The summed E-state index contributed by atoms with van der Waals surface area (Å²) < 4.78 is 0. The Kier molecular flexibility index (Phi) is 4.06. The van der Waals surface area contributed by atoms with Gasteiger partial charge in [-0.3, -0.25) is 0 Å². The van der Waals surface area contributed by atoms with E-state index in [2.05, 4.69) is 43.0 Å². The topological polar surface area (TPSA) is 29.3 Å². The predicted octanol–water partition coefficient (Wildman–Crippen LogP) is 2.95. The maximum atomic E-state index is 5.99. The molecule has 1 aliphatic rings. The maximum Gasteiger partial charge on any atom is 0.0395 e. The van der Waals surface area contributed by atoms with E-state index in [9.17, 15) is 0 Å². The smallest absolute Gasteiger partial charge is 0.0395 e. The van der Waals surface area contributed by atoms with Gasteiger partial charge < -0.3 is 10.6 Å². The molecule has 2 heteroatoms. The quantitative estimate of drug-likeness (QED) is 0.865. The molecular formula is C15H24N2. The first-order valence-electron chi connectivity index (χ1n) is 6.77. The van der Waals surface area contributed by atoms with Gasteiger partial charge in [-0.25, -0.2) is 0 Å². The van der Waals surface area contributed by atoms with Crippen LogP contribution in [0.4, 0.5) is 5.69 Å². The second-order valence-electron chi connectivity index (χ2n) is 5.26. The molecule has 1 fully saturated rings. The van der Waals surface area contributed by atoms with Crippen LogP contribution < -0.4 is 10.6 Å². The Morgan fingerprint density at radius 2 is 2.06 bits per heavy atom. The molecule has 2 N–H and O–H groups in total. The Labute approximate surface area is 105 Å². The Morgan fingerprint density at radius 1 is 1.29 bits per heavy atom. The third kappa shape index (κ3) is 3.01. The van der Waals surface area contributed by atoms with Gasteiger partial charge in [0.2, 0.25) is 0 Å².